The maximum Gasteiger partial charge on any atom is 0.332 e. The molecule has 1 atom stereocenters. The zero-order chi connectivity index (χ0) is 20.2. The smallest absolute Gasteiger partial charge is 0.311 e. The first-order chi connectivity index (χ1) is 13.3. The highest BCUT2D eigenvalue weighted by atomic mass is 79.9. The topological polar surface area (TPSA) is 66.2 Å². The Morgan fingerprint density at radius 1 is 1.18 bits per heavy atom. The number of aromatic nitrogens is 5. The van der Waals surface area contributed by atoms with Crippen LogP contribution in [0.2, 0.25) is 0 Å². The molecule has 0 aliphatic heterocycles. The summed E-state index contributed by atoms with van der Waals surface area (Å²) in [6.45, 7) is 6.46. The third kappa shape index (κ3) is 2.74. The predicted molar refractivity (Wildman–Crippen MR) is 113 cm³/mol. The Balaban J connectivity index is 2.00. The van der Waals surface area contributed by atoms with Crippen molar-refractivity contribution in [2.45, 2.75) is 39.8 Å². The minimum absolute atomic E-state index is 0.215. The Bertz CT molecular complexity index is 1310. The molecule has 0 spiro atoms. The van der Waals surface area contributed by atoms with Crippen molar-refractivity contribution in [1.29, 1.82) is 0 Å². The largest absolute Gasteiger partial charge is 0.332 e. The molecule has 0 bridgehead atoms. The molecular weight excluding hydrogens is 422 g/mol. The SMILES string of the molecule is CCC(C)n1c(C)cn2c3c(=O)n(Cc4ccc(Br)cc4)c(=O)n(C)c3nc12. The molecule has 3 heterocycles. The minimum atomic E-state index is -0.368. The van der Waals surface area contributed by atoms with Crippen molar-refractivity contribution >= 4 is 32.9 Å². The van der Waals surface area contributed by atoms with E-state index in [4.69, 9.17) is 0 Å². The molecule has 1 unspecified atom stereocenters. The average Bonchev–Trinajstić information content (AvgIpc) is 3.19. The second-order valence-corrected chi connectivity index (χ2v) is 8.13. The summed E-state index contributed by atoms with van der Waals surface area (Å²) in [5, 5.41) is 0. The highest BCUT2D eigenvalue weighted by molar-refractivity contribution is 9.10. The summed E-state index contributed by atoms with van der Waals surface area (Å²) in [5.74, 6) is 0.690. The van der Waals surface area contributed by atoms with Gasteiger partial charge in [-0.1, -0.05) is 35.0 Å². The fraction of sp³-hybridized carbons (Fsp3) is 0.350. The van der Waals surface area contributed by atoms with Gasteiger partial charge in [0.15, 0.2) is 11.2 Å². The van der Waals surface area contributed by atoms with E-state index >= 15 is 0 Å². The van der Waals surface area contributed by atoms with E-state index in [2.05, 4.69) is 39.3 Å². The first kappa shape index (κ1) is 18.7. The average molecular weight is 444 g/mol. The second kappa shape index (κ2) is 6.77. The number of aryl methyl sites for hydroxylation is 2. The van der Waals surface area contributed by atoms with Crippen LogP contribution in [0.1, 0.15) is 37.6 Å². The number of benzene rings is 1. The number of imidazole rings is 2. The monoisotopic (exact) mass is 443 g/mol. The Morgan fingerprint density at radius 2 is 1.86 bits per heavy atom. The van der Waals surface area contributed by atoms with Crippen LogP contribution in [0.25, 0.3) is 16.9 Å². The van der Waals surface area contributed by atoms with Gasteiger partial charge in [0.25, 0.3) is 5.56 Å². The molecule has 146 valence electrons. The van der Waals surface area contributed by atoms with Crippen molar-refractivity contribution < 1.29 is 0 Å². The van der Waals surface area contributed by atoms with Crippen molar-refractivity contribution in [2.24, 2.45) is 7.05 Å². The number of halogens is 1. The standard InChI is InChI=1S/C20H22BrN5O2/c1-5-12(2)26-13(3)10-24-16-17(22-19(24)26)23(4)20(28)25(18(16)27)11-14-6-8-15(21)9-7-14/h6-10,12H,5,11H2,1-4H3. The molecule has 0 aliphatic rings. The summed E-state index contributed by atoms with van der Waals surface area (Å²) in [4.78, 5) is 30.8. The van der Waals surface area contributed by atoms with E-state index in [-0.39, 0.29) is 23.8 Å². The normalized spacial score (nSPS) is 12.9. The summed E-state index contributed by atoms with van der Waals surface area (Å²) in [6, 6.07) is 7.84. The maximum atomic E-state index is 13.3. The second-order valence-electron chi connectivity index (χ2n) is 7.21. The maximum absolute atomic E-state index is 13.3. The highest BCUT2D eigenvalue weighted by Crippen LogP contribution is 2.22. The van der Waals surface area contributed by atoms with Gasteiger partial charge >= 0.3 is 5.69 Å². The van der Waals surface area contributed by atoms with Crippen LogP contribution in [-0.4, -0.2) is 23.1 Å². The molecule has 1 aromatic carbocycles. The molecule has 0 aliphatic carbocycles. The Hall–Kier alpha value is -2.61. The summed E-state index contributed by atoms with van der Waals surface area (Å²) in [6.07, 6.45) is 2.87. The lowest BCUT2D eigenvalue weighted by atomic mass is 10.2. The Labute approximate surface area is 170 Å². The molecular formula is C20H22BrN5O2. The third-order valence-electron chi connectivity index (χ3n) is 5.35. The first-order valence-electron chi connectivity index (χ1n) is 9.27. The number of nitrogens with zero attached hydrogens (tertiary/aromatic N) is 5. The van der Waals surface area contributed by atoms with Gasteiger partial charge in [0.05, 0.1) is 6.54 Å². The van der Waals surface area contributed by atoms with Crippen LogP contribution in [0, 0.1) is 6.92 Å². The summed E-state index contributed by atoms with van der Waals surface area (Å²) < 4.78 is 7.61. The summed E-state index contributed by atoms with van der Waals surface area (Å²) in [7, 11) is 1.66. The van der Waals surface area contributed by atoms with Gasteiger partial charge in [-0.2, -0.15) is 4.98 Å². The van der Waals surface area contributed by atoms with E-state index in [1.165, 1.54) is 9.13 Å². The van der Waals surface area contributed by atoms with Crippen LogP contribution in [0.5, 0.6) is 0 Å². The Morgan fingerprint density at radius 3 is 2.50 bits per heavy atom. The van der Waals surface area contributed by atoms with Gasteiger partial charge in [0, 0.05) is 29.5 Å². The lowest BCUT2D eigenvalue weighted by Crippen LogP contribution is -2.39. The van der Waals surface area contributed by atoms with E-state index in [0.29, 0.717) is 16.9 Å². The number of hydrogen-bond donors (Lipinski definition) is 0. The quantitative estimate of drug-likeness (QED) is 0.486. The van der Waals surface area contributed by atoms with Crippen LogP contribution in [0.3, 0.4) is 0 Å². The van der Waals surface area contributed by atoms with Gasteiger partial charge < -0.3 is 4.57 Å². The van der Waals surface area contributed by atoms with Gasteiger partial charge in [-0.05, 0) is 38.0 Å². The van der Waals surface area contributed by atoms with Crippen molar-refractivity contribution in [1.82, 2.24) is 23.1 Å². The molecule has 0 saturated heterocycles. The van der Waals surface area contributed by atoms with E-state index in [0.717, 1.165) is 22.2 Å². The van der Waals surface area contributed by atoms with E-state index in [9.17, 15) is 9.59 Å². The van der Waals surface area contributed by atoms with Gasteiger partial charge in [-0.25, -0.2) is 4.79 Å². The third-order valence-corrected chi connectivity index (χ3v) is 5.88. The number of hydrogen-bond acceptors (Lipinski definition) is 3. The van der Waals surface area contributed by atoms with Crippen LogP contribution >= 0.6 is 15.9 Å². The van der Waals surface area contributed by atoms with Gasteiger partial charge in [-0.15, -0.1) is 0 Å². The molecule has 0 N–H and O–H groups in total. The molecule has 28 heavy (non-hydrogen) atoms. The van der Waals surface area contributed by atoms with E-state index in [1.807, 2.05) is 41.8 Å². The van der Waals surface area contributed by atoms with Crippen molar-refractivity contribution in [2.75, 3.05) is 0 Å². The zero-order valence-electron chi connectivity index (χ0n) is 16.3. The molecule has 0 radical (unpaired) electrons. The molecule has 4 rings (SSSR count). The van der Waals surface area contributed by atoms with Gasteiger partial charge in [-0.3, -0.25) is 18.3 Å². The fourth-order valence-corrected chi connectivity index (χ4v) is 3.93. The molecule has 0 saturated carbocycles. The molecule has 3 aromatic heterocycles. The lowest BCUT2D eigenvalue weighted by Gasteiger charge is -2.12. The van der Waals surface area contributed by atoms with Crippen molar-refractivity contribution in [3.63, 3.8) is 0 Å². The van der Waals surface area contributed by atoms with E-state index in [1.54, 1.807) is 7.05 Å². The predicted octanol–water partition coefficient (Wildman–Crippen LogP) is 3.24. The lowest BCUT2D eigenvalue weighted by molar-refractivity contribution is 0.532. The van der Waals surface area contributed by atoms with Crippen LogP contribution in [0.15, 0.2) is 44.5 Å². The minimum Gasteiger partial charge on any atom is -0.311 e. The fourth-order valence-electron chi connectivity index (χ4n) is 3.67. The van der Waals surface area contributed by atoms with Crippen molar-refractivity contribution in [3.8, 4) is 0 Å². The molecule has 0 amide bonds. The molecule has 7 nitrogen and oxygen atoms in total. The highest BCUT2D eigenvalue weighted by Gasteiger charge is 2.21. The van der Waals surface area contributed by atoms with Crippen molar-refractivity contribution in [3.05, 3.63) is 67.0 Å². The number of fused-ring (bicyclic) bond motifs is 3. The van der Waals surface area contributed by atoms with Crippen LogP contribution in [0.4, 0.5) is 0 Å². The molecule has 8 heteroatoms. The van der Waals surface area contributed by atoms with E-state index < -0.39 is 0 Å². The molecule has 4 aromatic rings. The van der Waals surface area contributed by atoms with Gasteiger partial charge in [0.1, 0.15) is 0 Å². The number of rotatable bonds is 4. The molecule has 0 fully saturated rings. The van der Waals surface area contributed by atoms with Crippen LogP contribution < -0.4 is 11.2 Å². The zero-order valence-corrected chi connectivity index (χ0v) is 17.9. The first-order valence-corrected chi connectivity index (χ1v) is 10.1. The Kier molecular flexibility index (Phi) is 4.53. The van der Waals surface area contributed by atoms with Crippen LogP contribution in [-0.2, 0) is 13.6 Å². The summed E-state index contributed by atoms with van der Waals surface area (Å²) in [5.41, 5.74) is 2.07. The summed E-state index contributed by atoms with van der Waals surface area (Å²) >= 11 is 3.40. The van der Waals surface area contributed by atoms with Gasteiger partial charge in [0.2, 0.25) is 5.78 Å².